The highest BCUT2D eigenvalue weighted by Crippen LogP contribution is 2.25. The van der Waals surface area contributed by atoms with Crippen LogP contribution >= 0.6 is 0 Å². The molecule has 0 saturated heterocycles. The summed E-state index contributed by atoms with van der Waals surface area (Å²) in [4.78, 5) is 12.8. The van der Waals surface area contributed by atoms with Crippen molar-refractivity contribution in [3.8, 4) is 11.6 Å². The summed E-state index contributed by atoms with van der Waals surface area (Å²) in [5.41, 5.74) is 5.95. The normalized spacial score (nSPS) is 10.9. The molecule has 0 radical (unpaired) electrons. The van der Waals surface area contributed by atoms with Crippen LogP contribution in [0.25, 0.3) is 5.69 Å². The van der Waals surface area contributed by atoms with Gasteiger partial charge in [0.15, 0.2) is 0 Å². The molecular weight excluding hydrogens is 360 g/mol. The topological polar surface area (TPSA) is 44.1 Å². The Hall–Kier alpha value is -2.88. The van der Waals surface area contributed by atoms with E-state index in [2.05, 4.69) is 33.8 Å². The maximum atomic E-state index is 12.8. The number of esters is 1. The van der Waals surface area contributed by atoms with Crippen LogP contribution in [0, 0.1) is 13.8 Å². The zero-order valence-electron chi connectivity index (χ0n) is 17.9. The second-order valence-electron chi connectivity index (χ2n) is 7.54. The van der Waals surface area contributed by atoms with E-state index in [1.807, 2.05) is 42.5 Å². The van der Waals surface area contributed by atoms with Gasteiger partial charge in [-0.2, -0.15) is 5.10 Å². The molecule has 0 spiro atoms. The van der Waals surface area contributed by atoms with Crippen LogP contribution in [0.5, 0.6) is 5.88 Å². The smallest absolute Gasteiger partial charge is 0.344 e. The van der Waals surface area contributed by atoms with E-state index >= 15 is 0 Å². The van der Waals surface area contributed by atoms with Crippen molar-refractivity contribution in [2.75, 3.05) is 0 Å². The third-order valence-electron chi connectivity index (χ3n) is 5.24. The predicted octanol–water partition coefficient (Wildman–Crippen LogP) is 6.00. The first-order valence-electron chi connectivity index (χ1n) is 10.5. The number of rotatable bonds is 8. The lowest BCUT2D eigenvalue weighted by Gasteiger charge is -2.12. The summed E-state index contributed by atoms with van der Waals surface area (Å²) in [6.07, 6.45) is 5.17. The molecule has 0 bridgehead atoms. The summed E-state index contributed by atoms with van der Waals surface area (Å²) < 4.78 is 7.54. The first-order chi connectivity index (χ1) is 14.0. The van der Waals surface area contributed by atoms with Crippen molar-refractivity contribution in [3.63, 3.8) is 0 Å². The van der Waals surface area contributed by atoms with E-state index in [-0.39, 0.29) is 5.97 Å². The fourth-order valence-electron chi connectivity index (χ4n) is 3.34. The van der Waals surface area contributed by atoms with Gasteiger partial charge < -0.3 is 4.74 Å². The molecular formula is C25H30N2O2. The van der Waals surface area contributed by atoms with Gasteiger partial charge in [0.25, 0.3) is 0 Å². The summed E-state index contributed by atoms with van der Waals surface area (Å²) in [5, 5.41) is 4.71. The molecule has 3 aromatic rings. The predicted molar refractivity (Wildman–Crippen MR) is 117 cm³/mol. The van der Waals surface area contributed by atoms with Gasteiger partial charge in [0, 0.05) is 6.07 Å². The van der Waals surface area contributed by atoms with E-state index in [0.29, 0.717) is 11.4 Å². The monoisotopic (exact) mass is 390 g/mol. The van der Waals surface area contributed by atoms with Gasteiger partial charge in [-0.15, -0.1) is 0 Å². The van der Waals surface area contributed by atoms with Gasteiger partial charge in [-0.1, -0.05) is 51.0 Å². The number of hydrogen-bond donors (Lipinski definition) is 0. The third-order valence-corrected chi connectivity index (χ3v) is 5.24. The zero-order valence-corrected chi connectivity index (χ0v) is 17.9. The van der Waals surface area contributed by atoms with Crippen molar-refractivity contribution in [2.45, 2.75) is 59.8 Å². The molecule has 0 saturated carbocycles. The molecule has 152 valence electrons. The van der Waals surface area contributed by atoms with Crippen molar-refractivity contribution >= 4 is 5.97 Å². The number of hydrogen-bond acceptors (Lipinski definition) is 3. The molecule has 3 rings (SSSR count). The number of carbonyl (C=O) groups excluding carboxylic acids is 1. The number of aromatic nitrogens is 2. The second kappa shape index (κ2) is 9.55. The Balaban J connectivity index is 1.88. The third kappa shape index (κ3) is 4.94. The van der Waals surface area contributed by atoms with Crippen LogP contribution in [0.15, 0.2) is 48.5 Å². The maximum absolute atomic E-state index is 12.8. The number of ether oxygens (including phenoxy) is 1. The van der Waals surface area contributed by atoms with Gasteiger partial charge in [-0.25, -0.2) is 9.48 Å². The standard InChI is InChI=1S/C25H30N2O2/c1-5-7-11-20-13-15-21(16-14-20)25(28)29-24-17-22(9-6-2)26-27(24)23-12-8-10-18(3)19(23)4/h8,10,12-17H,5-7,9,11H2,1-4H3. The number of aryl methyl sites for hydroxylation is 3. The van der Waals surface area contributed by atoms with Crippen molar-refractivity contribution in [3.05, 3.63) is 76.5 Å². The van der Waals surface area contributed by atoms with Gasteiger partial charge >= 0.3 is 5.97 Å². The lowest BCUT2D eigenvalue weighted by Crippen LogP contribution is -2.12. The van der Waals surface area contributed by atoms with Crippen LogP contribution < -0.4 is 4.74 Å². The molecule has 0 aliphatic carbocycles. The summed E-state index contributed by atoms with van der Waals surface area (Å²) in [7, 11) is 0. The van der Waals surface area contributed by atoms with Crippen molar-refractivity contribution < 1.29 is 9.53 Å². The molecule has 4 nitrogen and oxygen atoms in total. The summed E-state index contributed by atoms with van der Waals surface area (Å²) >= 11 is 0. The Bertz CT molecular complexity index is 971. The molecule has 0 N–H and O–H groups in total. The Morgan fingerprint density at radius 3 is 2.45 bits per heavy atom. The number of carbonyl (C=O) groups is 1. The van der Waals surface area contributed by atoms with Crippen LogP contribution in [0.2, 0.25) is 0 Å². The lowest BCUT2D eigenvalue weighted by molar-refractivity contribution is 0.0723. The summed E-state index contributed by atoms with van der Waals surface area (Å²) in [5.74, 6) is 0.101. The number of unbranched alkanes of at least 4 members (excludes halogenated alkanes) is 1. The molecule has 0 fully saturated rings. The van der Waals surface area contributed by atoms with Crippen LogP contribution in [0.1, 0.15) is 65.9 Å². The minimum Gasteiger partial charge on any atom is -0.404 e. The Morgan fingerprint density at radius 1 is 1.00 bits per heavy atom. The zero-order chi connectivity index (χ0) is 20.8. The van der Waals surface area contributed by atoms with Crippen LogP contribution in [0.4, 0.5) is 0 Å². The summed E-state index contributed by atoms with van der Waals surface area (Å²) in [6.45, 7) is 8.42. The highest BCUT2D eigenvalue weighted by atomic mass is 16.5. The molecule has 29 heavy (non-hydrogen) atoms. The Morgan fingerprint density at radius 2 is 1.76 bits per heavy atom. The fraction of sp³-hybridized carbons (Fsp3) is 0.360. The van der Waals surface area contributed by atoms with Crippen LogP contribution in [0.3, 0.4) is 0 Å². The van der Waals surface area contributed by atoms with Crippen LogP contribution in [-0.2, 0) is 12.8 Å². The van der Waals surface area contributed by atoms with E-state index in [1.165, 1.54) is 11.1 Å². The Kier molecular flexibility index (Phi) is 6.86. The molecule has 1 heterocycles. The molecule has 0 aliphatic rings. The minimum atomic E-state index is -0.360. The largest absolute Gasteiger partial charge is 0.404 e. The highest BCUT2D eigenvalue weighted by molar-refractivity contribution is 5.91. The highest BCUT2D eigenvalue weighted by Gasteiger charge is 2.17. The molecule has 2 aromatic carbocycles. The van der Waals surface area contributed by atoms with E-state index in [1.54, 1.807) is 4.68 Å². The van der Waals surface area contributed by atoms with Gasteiger partial charge in [-0.3, -0.25) is 0 Å². The average Bonchev–Trinajstić information content (AvgIpc) is 3.11. The van der Waals surface area contributed by atoms with E-state index in [9.17, 15) is 4.79 Å². The first-order valence-corrected chi connectivity index (χ1v) is 10.5. The Labute approximate surface area is 173 Å². The number of nitrogens with zero attached hydrogens (tertiary/aromatic N) is 2. The SMILES string of the molecule is CCCCc1ccc(C(=O)Oc2cc(CCC)nn2-c2cccc(C)c2C)cc1. The lowest BCUT2D eigenvalue weighted by atomic mass is 10.1. The van der Waals surface area contributed by atoms with E-state index in [4.69, 9.17) is 9.84 Å². The average molecular weight is 391 g/mol. The quantitative estimate of drug-likeness (QED) is 0.443. The maximum Gasteiger partial charge on any atom is 0.344 e. The first kappa shape index (κ1) is 20.8. The number of benzene rings is 2. The molecule has 0 amide bonds. The molecule has 0 unspecified atom stereocenters. The van der Waals surface area contributed by atoms with E-state index < -0.39 is 0 Å². The molecule has 0 aliphatic heterocycles. The van der Waals surface area contributed by atoms with Crippen molar-refractivity contribution in [1.29, 1.82) is 0 Å². The van der Waals surface area contributed by atoms with Gasteiger partial charge in [0.2, 0.25) is 5.88 Å². The molecule has 1 aromatic heterocycles. The van der Waals surface area contributed by atoms with Crippen molar-refractivity contribution in [2.24, 2.45) is 0 Å². The minimum absolute atomic E-state index is 0.360. The van der Waals surface area contributed by atoms with Gasteiger partial charge in [0.05, 0.1) is 16.9 Å². The van der Waals surface area contributed by atoms with E-state index in [0.717, 1.165) is 49.0 Å². The van der Waals surface area contributed by atoms with Gasteiger partial charge in [0.1, 0.15) is 0 Å². The van der Waals surface area contributed by atoms with Crippen molar-refractivity contribution in [1.82, 2.24) is 9.78 Å². The second-order valence-corrected chi connectivity index (χ2v) is 7.54. The molecule has 0 atom stereocenters. The molecule has 4 heteroatoms. The fourth-order valence-corrected chi connectivity index (χ4v) is 3.34. The van der Waals surface area contributed by atoms with Crippen LogP contribution in [-0.4, -0.2) is 15.7 Å². The summed E-state index contributed by atoms with van der Waals surface area (Å²) in [6, 6.07) is 15.7. The van der Waals surface area contributed by atoms with Gasteiger partial charge in [-0.05, 0) is 68.0 Å².